The SMILES string of the molecule is O=S1(=O)CCC(C2CO2)C1. The van der Waals surface area contributed by atoms with Crippen LogP contribution < -0.4 is 0 Å². The molecular formula is C6H10O3S. The maximum atomic E-state index is 10.9. The fourth-order valence-electron chi connectivity index (χ4n) is 1.44. The van der Waals surface area contributed by atoms with E-state index in [1.807, 2.05) is 0 Å². The summed E-state index contributed by atoms with van der Waals surface area (Å²) in [6, 6.07) is 0. The molecule has 2 atom stereocenters. The molecule has 10 heavy (non-hydrogen) atoms. The van der Waals surface area contributed by atoms with Crippen LogP contribution in [0.3, 0.4) is 0 Å². The summed E-state index contributed by atoms with van der Waals surface area (Å²) < 4.78 is 26.9. The first-order valence-corrected chi connectivity index (χ1v) is 5.31. The van der Waals surface area contributed by atoms with E-state index in [1.165, 1.54) is 0 Å². The zero-order chi connectivity index (χ0) is 7.19. The summed E-state index contributed by atoms with van der Waals surface area (Å²) in [5.74, 6) is 1.04. The van der Waals surface area contributed by atoms with Crippen LogP contribution in [-0.4, -0.2) is 32.6 Å². The zero-order valence-electron chi connectivity index (χ0n) is 5.62. The molecule has 0 radical (unpaired) electrons. The van der Waals surface area contributed by atoms with Gasteiger partial charge in [0.2, 0.25) is 0 Å². The molecule has 0 spiro atoms. The van der Waals surface area contributed by atoms with Crippen LogP contribution in [-0.2, 0) is 14.6 Å². The largest absolute Gasteiger partial charge is 0.373 e. The summed E-state index contributed by atoms with van der Waals surface area (Å²) in [6.45, 7) is 0.778. The summed E-state index contributed by atoms with van der Waals surface area (Å²) in [5, 5.41) is 0. The van der Waals surface area contributed by atoms with Gasteiger partial charge in [0.15, 0.2) is 9.84 Å². The lowest BCUT2D eigenvalue weighted by Crippen LogP contribution is -2.09. The molecule has 2 unspecified atom stereocenters. The Bertz CT molecular complexity index is 227. The van der Waals surface area contributed by atoms with Crippen molar-refractivity contribution in [1.82, 2.24) is 0 Å². The predicted molar refractivity (Wildman–Crippen MR) is 36.5 cm³/mol. The van der Waals surface area contributed by atoms with Crippen LogP contribution in [0.25, 0.3) is 0 Å². The molecule has 0 bridgehead atoms. The second-order valence-corrected chi connectivity index (χ2v) is 5.26. The first-order chi connectivity index (χ1) is 4.67. The van der Waals surface area contributed by atoms with Gasteiger partial charge in [0.05, 0.1) is 24.2 Å². The van der Waals surface area contributed by atoms with Gasteiger partial charge in [-0.1, -0.05) is 0 Å². The minimum absolute atomic E-state index is 0.275. The molecule has 3 nitrogen and oxygen atoms in total. The van der Waals surface area contributed by atoms with Crippen molar-refractivity contribution in [3.8, 4) is 0 Å². The second-order valence-electron chi connectivity index (χ2n) is 3.03. The van der Waals surface area contributed by atoms with E-state index < -0.39 is 9.84 Å². The lowest BCUT2D eigenvalue weighted by Gasteiger charge is -1.98. The Morgan fingerprint density at radius 3 is 2.50 bits per heavy atom. The summed E-state index contributed by atoms with van der Waals surface area (Å²) in [4.78, 5) is 0. The Balaban J connectivity index is 2.05. The van der Waals surface area contributed by atoms with Crippen molar-refractivity contribution in [3.63, 3.8) is 0 Å². The molecule has 58 valence electrons. The maximum absolute atomic E-state index is 10.9. The van der Waals surface area contributed by atoms with Crippen LogP contribution in [0.15, 0.2) is 0 Å². The van der Waals surface area contributed by atoms with Gasteiger partial charge >= 0.3 is 0 Å². The third kappa shape index (κ3) is 1.18. The second kappa shape index (κ2) is 1.95. The molecule has 2 rings (SSSR count). The van der Waals surface area contributed by atoms with Gasteiger partial charge in [0.25, 0.3) is 0 Å². The predicted octanol–water partition coefficient (Wildman–Crippen LogP) is -0.180. The molecule has 2 aliphatic heterocycles. The quantitative estimate of drug-likeness (QED) is 0.502. The molecule has 0 aromatic heterocycles. The Hall–Kier alpha value is -0.0900. The van der Waals surface area contributed by atoms with Gasteiger partial charge in [-0.25, -0.2) is 8.42 Å². The topological polar surface area (TPSA) is 46.7 Å². The van der Waals surface area contributed by atoms with Crippen molar-refractivity contribution in [2.75, 3.05) is 18.1 Å². The average Bonchev–Trinajstić information content (AvgIpc) is 2.59. The minimum atomic E-state index is -2.68. The van der Waals surface area contributed by atoms with Crippen molar-refractivity contribution in [2.45, 2.75) is 12.5 Å². The summed E-state index contributed by atoms with van der Waals surface area (Å²) in [5.41, 5.74) is 0. The highest BCUT2D eigenvalue weighted by Gasteiger charge is 2.40. The van der Waals surface area contributed by atoms with Crippen molar-refractivity contribution in [2.24, 2.45) is 5.92 Å². The Morgan fingerprint density at radius 2 is 2.10 bits per heavy atom. The van der Waals surface area contributed by atoms with Crippen LogP contribution in [0.4, 0.5) is 0 Å². The van der Waals surface area contributed by atoms with E-state index >= 15 is 0 Å². The molecule has 2 saturated heterocycles. The van der Waals surface area contributed by atoms with E-state index in [1.54, 1.807) is 0 Å². The van der Waals surface area contributed by atoms with Gasteiger partial charge in [-0.05, 0) is 6.42 Å². The van der Waals surface area contributed by atoms with Crippen molar-refractivity contribution in [3.05, 3.63) is 0 Å². The molecule has 4 heteroatoms. The van der Waals surface area contributed by atoms with Crippen LogP contribution in [0, 0.1) is 5.92 Å². The van der Waals surface area contributed by atoms with Crippen molar-refractivity contribution < 1.29 is 13.2 Å². The fraction of sp³-hybridized carbons (Fsp3) is 1.00. The van der Waals surface area contributed by atoms with Gasteiger partial charge in [-0.2, -0.15) is 0 Å². The van der Waals surface area contributed by atoms with Gasteiger partial charge < -0.3 is 4.74 Å². The number of epoxide rings is 1. The van der Waals surface area contributed by atoms with E-state index in [2.05, 4.69) is 0 Å². The molecular weight excluding hydrogens is 152 g/mol. The number of hydrogen-bond donors (Lipinski definition) is 0. The molecule has 0 saturated carbocycles. The number of ether oxygens (including phenoxy) is 1. The van der Waals surface area contributed by atoms with E-state index in [4.69, 9.17) is 4.74 Å². The zero-order valence-corrected chi connectivity index (χ0v) is 6.43. The Morgan fingerprint density at radius 1 is 1.40 bits per heavy atom. The first kappa shape index (κ1) is 6.61. The van der Waals surface area contributed by atoms with Gasteiger partial charge in [-0.3, -0.25) is 0 Å². The van der Waals surface area contributed by atoms with Crippen LogP contribution in [0.2, 0.25) is 0 Å². The first-order valence-electron chi connectivity index (χ1n) is 3.49. The fourth-order valence-corrected chi connectivity index (χ4v) is 3.31. The number of rotatable bonds is 1. The molecule has 0 aromatic carbocycles. The number of sulfone groups is 1. The average molecular weight is 162 g/mol. The minimum Gasteiger partial charge on any atom is -0.373 e. The molecule has 2 heterocycles. The molecule has 2 aliphatic rings. The van der Waals surface area contributed by atoms with Crippen LogP contribution in [0.1, 0.15) is 6.42 Å². The highest BCUT2D eigenvalue weighted by molar-refractivity contribution is 7.91. The molecule has 2 fully saturated rings. The lowest BCUT2D eigenvalue weighted by molar-refractivity contribution is 0.346. The lowest BCUT2D eigenvalue weighted by atomic mass is 10.1. The standard InChI is InChI=1S/C6H10O3S/c7-10(8)2-1-5(4-10)6-3-9-6/h5-6H,1-4H2. The highest BCUT2D eigenvalue weighted by Crippen LogP contribution is 2.29. The Kier molecular flexibility index (Phi) is 1.29. The molecule has 0 amide bonds. The van der Waals surface area contributed by atoms with E-state index in [9.17, 15) is 8.42 Å². The Labute approximate surface area is 60.3 Å². The van der Waals surface area contributed by atoms with Crippen molar-refractivity contribution >= 4 is 9.84 Å². The number of hydrogen-bond acceptors (Lipinski definition) is 3. The van der Waals surface area contributed by atoms with Gasteiger partial charge in [0, 0.05) is 5.92 Å². The van der Waals surface area contributed by atoms with Crippen LogP contribution >= 0.6 is 0 Å². The summed E-state index contributed by atoms with van der Waals surface area (Å²) in [7, 11) is -2.68. The van der Waals surface area contributed by atoms with Gasteiger partial charge in [-0.15, -0.1) is 0 Å². The van der Waals surface area contributed by atoms with Gasteiger partial charge in [0.1, 0.15) is 0 Å². The third-order valence-electron chi connectivity index (χ3n) is 2.15. The van der Waals surface area contributed by atoms with E-state index in [-0.39, 0.29) is 6.10 Å². The molecule has 0 aliphatic carbocycles. The highest BCUT2D eigenvalue weighted by atomic mass is 32.2. The van der Waals surface area contributed by atoms with Crippen molar-refractivity contribution in [1.29, 1.82) is 0 Å². The molecule has 0 aromatic rings. The monoisotopic (exact) mass is 162 g/mol. The van der Waals surface area contributed by atoms with E-state index in [0.717, 1.165) is 13.0 Å². The third-order valence-corrected chi connectivity index (χ3v) is 3.95. The van der Waals surface area contributed by atoms with Crippen LogP contribution in [0.5, 0.6) is 0 Å². The summed E-state index contributed by atoms with van der Waals surface area (Å²) in [6.07, 6.45) is 1.09. The molecule has 0 N–H and O–H groups in total. The smallest absolute Gasteiger partial charge is 0.150 e. The normalized spacial score (nSPS) is 43.6. The summed E-state index contributed by atoms with van der Waals surface area (Å²) >= 11 is 0. The maximum Gasteiger partial charge on any atom is 0.150 e. The van der Waals surface area contributed by atoms with E-state index in [0.29, 0.717) is 17.4 Å².